The summed E-state index contributed by atoms with van der Waals surface area (Å²) >= 11 is 0. The Labute approximate surface area is 110 Å². The van der Waals surface area contributed by atoms with Crippen molar-refractivity contribution in [3.05, 3.63) is 32.6 Å². The van der Waals surface area contributed by atoms with E-state index in [1.54, 1.807) is 7.05 Å². The van der Waals surface area contributed by atoms with Gasteiger partial charge >= 0.3 is 5.69 Å². The van der Waals surface area contributed by atoms with Crippen LogP contribution in [0.1, 0.15) is 5.69 Å². The first-order chi connectivity index (χ1) is 8.93. The normalized spacial score (nSPS) is 24.0. The van der Waals surface area contributed by atoms with E-state index < -0.39 is 6.10 Å². The molecule has 0 saturated carbocycles. The van der Waals surface area contributed by atoms with Crippen molar-refractivity contribution < 1.29 is 10.2 Å². The lowest BCUT2D eigenvalue weighted by atomic mass is 10.1. The number of aromatic nitrogens is 2. The molecular formula is C12H19N3O4. The van der Waals surface area contributed by atoms with E-state index in [0.29, 0.717) is 25.3 Å². The van der Waals surface area contributed by atoms with Crippen LogP contribution in [-0.4, -0.2) is 50.0 Å². The molecule has 0 bridgehead atoms. The first-order valence-corrected chi connectivity index (χ1v) is 6.21. The molecule has 1 aromatic heterocycles. The van der Waals surface area contributed by atoms with Crippen molar-refractivity contribution in [1.82, 2.24) is 14.0 Å². The van der Waals surface area contributed by atoms with Crippen molar-refractivity contribution in [3.63, 3.8) is 0 Å². The van der Waals surface area contributed by atoms with Gasteiger partial charge in [0.2, 0.25) is 0 Å². The van der Waals surface area contributed by atoms with Gasteiger partial charge in [-0.15, -0.1) is 0 Å². The molecule has 1 aliphatic rings. The molecular weight excluding hydrogens is 250 g/mol. The maximum absolute atomic E-state index is 11.8. The zero-order valence-electron chi connectivity index (χ0n) is 11.1. The van der Waals surface area contributed by atoms with Crippen molar-refractivity contribution in [3.8, 4) is 0 Å². The summed E-state index contributed by atoms with van der Waals surface area (Å²) in [5.74, 6) is -0.163. The number of aliphatic hydroxyl groups excluding tert-OH is 2. The van der Waals surface area contributed by atoms with Crippen LogP contribution in [0.3, 0.4) is 0 Å². The second kappa shape index (κ2) is 5.28. The first-order valence-electron chi connectivity index (χ1n) is 6.21. The smallest absolute Gasteiger partial charge is 0.330 e. The van der Waals surface area contributed by atoms with Crippen LogP contribution in [0, 0.1) is 5.92 Å². The summed E-state index contributed by atoms with van der Waals surface area (Å²) in [6, 6.07) is 1.43. The molecule has 1 aliphatic heterocycles. The van der Waals surface area contributed by atoms with E-state index in [1.165, 1.54) is 17.7 Å². The largest absolute Gasteiger partial charge is 0.396 e. The van der Waals surface area contributed by atoms with Gasteiger partial charge in [-0.2, -0.15) is 0 Å². The van der Waals surface area contributed by atoms with Gasteiger partial charge in [0.05, 0.1) is 6.10 Å². The summed E-state index contributed by atoms with van der Waals surface area (Å²) in [4.78, 5) is 25.3. The highest BCUT2D eigenvalue weighted by Gasteiger charge is 2.30. The van der Waals surface area contributed by atoms with Crippen molar-refractivity contribution in [2.24, 2.45) is 20.0 Å². The molecule has 0 spiro atoms. The Morgan fingerprint density at radius 1 is 1.26 bits per heavy atom. The van der Waals surface area contributed by atoms with Gasteiger partial charge in [0.15, 0.2) is 0 Å². The Bertz CT molecular complexity index is 577. The number of aliphatic hydroxyl groups is 2. The van der Waals surface area contributed by atoms with E-state index >= 15 is 0 Å². The van der Waals surface area contributed by atoms with Crippen molar-refractivity contribution in [2.45, 2.75) is 12.6 Å². The Kier molecular flexibility index (Phi) is 3.88. The van der Waals surface area contributed by atoms with Gasteiger partial charge in [-0.3, -0.25) is 18.8 Å². The van der Waals surface area contributed by atoms with Crippen LogP contribution < -0.4 is 11.2 Å². The minimum Gasteiger partial charge on any atom is -0.396 e. The highest BCUT2D eigenvalue weighted by Crippen LogP contribution is 2.17. The van der Waals surface area contributed by atoms with Crippen molar-refractivity contribution in [1.29, 1.82) is 0 Å². The van der Waals surface area contributed by atoms with Gasteiger partial charge in [-0.1, -0.05) is 0 Å². The summed E-state index contributed by atoms with van der Waals surface area (Å²) in [7, 11) is 3.06. The molecule has 0 radical (unpaired) electrons. The van der Waals surface area contributed by atoms with Gasteiger partial charge in [0.1, 0.15) is 0 Å². The van der Waals surface area contributed by atoms with Crippen LogP contribution in [0.2, 0.25) is 0 Å². The predicted molar refractivity (Wildman–Crippen MR) is 68.8 cm³/mol. The maximum atomic E-state index is 11.8. The minimum absolute atomic E-state index is 0.0623. The molecule has 0 unspecified atom stereocenters. The van der Waals surface area contributed by atoms with E-state index in [9.17, 15) is 14.7 Å². The lowest BCUT2D eigenvalue weighted by molar-refractivity contribution is 0.103. The Hall–Kier alpha value is -1.44. The monoisotopic (exact) mass is 269 g/mol. The molecule has 2 rings (SSSR count). The molecule has 19 heavy (non-hydrogen) atoms. The number of likely N-dealkylation sites (tertiary alicyclic amines) is 1. The molecule has 1 saturated heterocycles. The minimum atomic E-state index is -0.562. The zero-order chi connectivity index (χ0) is 14.2. The van der Waals surface area contributed by atoms with Gasteiger partial charge in [0, 0.05) is 58.0 Å². The first kappa shape index (κ1) is 14.0. The van der Waals surface area contributed by atoms with E-state index in [-0.39, 0.29) is 23.8 Å². The predicted octanol–water partition coefficient (Wildman–Crippen LogP) is -2.13. The fraction of sp³-hybridized carbons (Fsp3) is 0.667. The van der Waals surface area contributed by atoms with E-state index in [2.05, 4.69) is 0 Å². The maximum Gasteiger partial charge on any atom is 0.330 e. The lowest BCUT2D eigenvalue weighted by Crippen LogP contribution is -2.39. The fourth-order valence-electron chi connectivity index (χ4n) is 2.41. The molecule has 0 aliphatic carbocycles. The summed E-state index contributed by atoms with van der Waals surface area (Å²) in [5, 5.41) is 18.8. The Morgan fingerprint density at radius 2 is 1.95 bits per heavy atom. The molecule has 7 heteroatoms. The Balaban J connectivity index is 2.22. The van der Waals surface area contributed by atoms with Crippen LogP contribution in [0.4, 0.5) is 0 Å². The average molecular weight is 269 g/mol. The zero-order valence-corrected chi connectivity index (χ0v) is 11.1. The van der Waals surface area contributed by atoms with E-state index in [0.717, 1.165) is 4.57 Å². The van der Waals surface area contributed by atoms with Crippen LogP contribution in [0.15, 0.2) is 15.7 Å². The molecule has 2 atom stereocenters. The molecule has 1 fully saturated rings. The van der Waals surface area contributed by atoms with Crippen molar-refractivity contribution in [2.75, 3.05) is 19.7 Å². The highest BCUT2D eigenvalue weighted by molar-refractivity contribution is 5.03. The molecule has 0 amide bonds. The molecule has 2 heterocycles. The second-order valence-electron chi connectivity index (χ2n) is 5.08. The molecule has 106 valence electrons. The summed E-state index contributed by atoms with van der Waals surface area (Å²) in [6.07, 6.45) is -0.562. The van der Waals surface area contributed by atoms with Crippen LogP contribution in [0.25, 0.3) is 0 Å². The van der Waals surface area contributed by atoms with Crippen molar-refractivity contribution >= 4 is 0 Å². The summed E-state index contributed by atoms with van der Waals surface area (Å²) in [6.45, 7) is 1.35. The fourth-order valence-corrected chi connectivity index (χ4v) is 2.41. The van der Waals surface area contributed by atoms with Gasteiger partial charge in [0.25, 0.3) is 5.56 Å². The number of nitrogens with zero attached hydrogens (tertiary/aromatic N) is 3. The highest BCUT2D eigenvalue weighted by atomic mass is 16.3. The van der Waals surface area contributed by atoms with Crippen LogP contribution in [0.5, 0.6) is 0 Å². The SMILES string of the molecule is Cn1c(CN2C[C@H](CO)[C@@H](O)C2)cc(=O)n(C)c1=O. The Morgan fingerprint density at radius 3 is 2.53 bits per heavy atom. The molecule has 1 aromatic rings. The summed E-state index contributed by atoms with van der Waals surface area (Å²) in [5.41, 5.74) is -0.0867. The van der Waals surface area contributed by atoms with Crippen LogP contribution >= 0.6 is 0 Å². The summed E-state index contributed by atoms with van der Waals surface area (Å²) < 4.78 is 2.49. The number of hydrogen-bond acceptors (Lipinski definition) is 5. The van der Waals surface area contributed by atoms with Gasteiger partial charge in [-0.05, 0) is 0 Å². The molecule has 0 aromatic carbocycles. The third kappa shape index (κ3) is 2.63. The molecule has 7 nitrogen and oxygen atoms in total. The topological polar surface area (TPSA) is 87.7 Å². The second-order valence-corrected chi connectivity index (χ2v) is 5.08. The van der Waals surface area contributed by atoms with E-state index in [1.807, 2.05) is 4.90 Å². The van der Waals surface area contributed by atoms with Gasteiger partial charge < -0.3 is 10.2 Å². The quantitative estimate of drug-likeness (QED) is 0.654. The average Bonchev–Trinajstić information content (AvgIpc) is 2.73. The molecule has 2 N–H and O–H groups in total. The van der Waals surface area contributed by atoms with Crippen LogP contribution in [-0.2, 0) is 20.6 Å². The number of rotatable bonds is 3. The number of β-amino-alcohol motifs (C(OH)–C–C–N with tert-alkyl or cyclic N) is 1. The third-order valence-electron chi connectivity index (χ3n) is 3.73. The van der Waals surface area contributed by atoms with E-state index in [4.69, 9.17) is 5.11 Å². The van der Waals surface area contributed by atoms with Gasteiger partial charge in [-0.25, -0.2) is 4.79 Å². The lowest BCUT2D eigenvalue weighted by Gasteiger charge is -2.17. The standard InChI is InChI=1S/C12H19N3O4/c1-13-9(3-11(18)14(2)12(13)19)5-15-4-8(7-16)10(17)6-15/h3,8,10,16-17H,4-7H2,1-2H3/t8-,10+/m1/s1. The third-order valence-corrected chi connectivity index (χ3v) is 3.73. The number of hydrogen-bond donors (Lipinski definition) is 2.